The molecule has 0 unspecified atom stereocenters. The molecule has 0 amide bonds. The van der Waals surface area contributed by atoms with Crippen LogP contribution in [0.15, 0.2) is 29.6 Å². The van der Waals surface area contributed by atoms with E-state index in [-0.39, 0.29) is 0 Å². The average Bonchev–Trinajstić information content (AvgIpc) is 2.88. The van der Waals surface area contributed by atoms with Crippen molar-refractivity contribution in [1.82, 2.24) is 10.3 Å². The van der Waals surface area contributed by atoms with E-state index in [1.165, 1.54) is 0 Å². The molecule has 0 bridgehead atoms. The Morgan fingerprint density at radius 2 is 2.06 bits per heavy atom. The molecule has 1 N–H and O–H groups in total. The Morgan fingerprint density at radius 3 is 2.72 bits per heavy atom. The van der Waals surface area contributed by atoms with Crippen LogP contribution in [0.4, 0.5) is 0 Å². The van der Waals surface area contributed by atoms with Crippen molar-refractivity contribution in [2.75, 3.05) is 13.7 Å². The second-order valence-electron chi connectivity index (χ2n) is 4.03. The molecule has 0 atom stereocenters. The molecule has 0 aliphatic rings. The summed E-state index contributed by atoms with van der Waals surface area (Å²) in [6.45, 7) is 4.06. The fourth-order valence-electron chi connectivity index (χ4n) is 1.66. The lowest BCUT2D eigenvalue weighted by molar-refractivity contribution is 0.415. The van der Waals surface area contributed by atoms with E-state index in [1.54, 1.807) is 18.4 Å². The predicted octanol–water partition coefficient (Wildman–Crippen LogP) is 3.32. The van der Waals surface area contributed by atoms with Crippen LogP contribution >= 0.6 is 11.3 Å². The van der Waals surface area contributed by atoms with Crippen molar-refractivity contribution in [3.05, 3.63) is 34.7 Å². The Morgan fingerprint density at radius 1 is 1.28 bits per heavy atom. The molecule has 0 aliphatic carbocycles. The van der Waals surface area contributed by atoms with E-state index >= 15 is 0 Å². The summed E-state index contributed by atoms with van der Waals surface area (Å²) in [6, 6.07) is 8.00. The van der Waals surface area contributed by atoms with E-state index < -0.39 is 0 Å². The summed E-state index contributed by atoms with van der Waals surface area (Å²) >= 11 is 1.70. The highest BCUT2D eigenvalue weighted by Crippen LogP contribution is 2.23. The van der Waals surface area contributed by atoms with Crippen LogP contribution in [0.5, 0.6) is 5.75 Å². The molecular weight excluding hydrogens is 244 g/mol. The van der Waals surface area contributed by atoms with Crippen molar-refractivity contribution >= 4 is 11.3 Å². The zero-order chi connectivity index (χ0) is 12.8. The summed E-state index contributed by atoms with van der Waals surface area (Å²) < 4.78 is 5.15. The zero-order valence-electron chi connectivity index (χ0n) is 10.8. The van der Waals surface area contributed by atoms with Gasteiger partial charge in [0, 0.05) is 17.5 Å². The monoisotopic (exact) mass is 262 g/mol. The molecule has 0 saturated heterocycles. The minimum Gasteiger partial charge on any atom is -0.497 e. The molecule has 1 heterocycles. The first-order valence-corrected chi connectivity index (χ1v) is 7.01. The number of hydrogen-bond acceptors (Lipinski definition) is 4. The molecule has 0 radical (unpaired) electrons. The summed E-state index contributed by atoms with van der Waals surface area (Å²) in [5.74, 6) is 0.874. The minimum atomic E-state index is 0.856. The summed E-state index contributed by atoms with van der Waals surface area (Å²) in [6.07, 6.45) is 1.15. The van der Waals surface area contributed by atoms with Crippen LogP contribution < -0.4 is 10.1 Å². The Kier molecular flexibility index (Phi) is 4.73. The Labute approximate surface area is 112 Å². The van der Waals surface area contributed by atoms with Gasteiger partial charge in [-0.1, -0.05) is 6.92 Å². The summed E-state index contributed by atoms with van der Waals surface area (Å²) in [5, 5.41) is 6.60. The van der Waals surface area contributed by atoms with Crippen molar-refractivity contribution in [3.63, 3.8) is 0 Å². The van der Waals surface area contributed by atoms with Crippen molar-refractivity contribution in [2.24, 2.45) is 0 Å². The number of methoxy groups -OCH3 is 1. The van der Waals surface area contributed by atoms with E-state index in [0.29, 0.717) is 0 Å². The van der Waals surface area contributed by atoms with Crippen molar-refractivity contribution in [2.45, 2.75) is 19.9 Å². The van der Waals surface area contributed by atoms with Crippen LogP contribution in [0.3, 0.4) is 0 Å². The fraction of sp³-hybridized carbons (Fsp3) is 0.357. The minimum absolute atomic E-state index is 0.856. The molecule has 2 rings (SSSR count). The van der Waals surface area contributed by atoms with Crippen LogP contribution in [0.25, 0.3) is 11.3 Å². The van der Waals surface area contributed by atoms with Gasteiger partial charge in [0.2, 0.25) is 0 Å². The highest BCUT2D eigenvalue weighted by molar-refractivity contribution is 7.09. The maximum Gasteiger partial charge on any atom is 0.118 e. The SMILES string of the molecule is CCCNCc1nc(-c2ccc(OC)cc2)cs1. The second-order valence-corrected chi connectivity index (χ2v) is 4.97. The Balaban J connectivity index is 2.04. The van der Waals surface area contributed by atoms with Gasteiger partial charge in [-0.05, 0) is 37.2 Å². The number of hydrogen-bond donors (Lipinski definition) is 1. The molecule has 3 nitrogen and oxygen atoms in total. The summed E-state index contributed by atoms with van der Waals surface area (Å²) in [4.78, 5) is 4.62. The first-order chi connectivity index (χ1) is 8.83. The van der Waals surface area contributed by atoms with Crippen LogP contribution in [0.1, 0.15) is 18.4 Å². The van der Waals surface area contributed by atoms with Gasteiger partial charge in [-0.2, -0.15) is 0 Å². The van der Waals surface area contributed by atoms with Gasteiger partial charge in [-0.3, -0.25) is 0 Å². The van der Waals surface area contributed by atoms with Crippen molar-refractivity contribution < 1.29 is 4.74 Å². The van der Waals surface area contributed by atoms with Gasteiger partial charge >= 0.3 is 0 Å². The van der Waals surface area contributed by atoms with Gasteiger partial charge in [0.1, 0.15) is 10.8 Å². The Bertz CT molecular complexity index is 479. The van der Waals surface area contributed by atoms with Crippen LogP contribution in [0, 0.1) is 0 Å². The van der Waals surface area contributed by atoms with Crippen molar-refractivity contribution in [3.8, 4) is 17.0 Å². The molecule has 96 valence electrons. The van der Waals surface area contributed by atoms with Crippen LogP contribution in [0.2, 0.25) is 0 Å². The molecule has 0 aliphatic heterocycles. The number of nitrogens with one attached hydrogen (secondary N) is 1. The predicted molar refractivity (Wildman–Crippen MR) is 76.1 cm³/mol. The van der Waals surface area contributed by atoms with Gasteiger partial charge in [-0.25, -0.2) is 4.98 Å². The highest BCUT2D eigenvalue weighted by atomic mass is 32.1. The first-order valence-electron chi connectivity index (χ1n) is 6.13. The van der Waals surface area contributed by atoms with Gasteiger partial charge < -0.3 is 10.1 Å². The van der Waals surface area contributed by atoms with Gasteiger partial charge in [0.05, 0.1) is 12.8 Å². The standard InChI is InChI=1S/C14H18N2OS/c1-3-8-15-9-14-16-13(10-18-14)11-4-6-12(17-2)7-5-11/h4-7,10,15H,3,8-9H2,1-2H3. The first kappa shape index (κ1) is 13.1. The van der Waals surface area contributed by atoms with Crippen LogP contribution in [-0.4, -0.2) is 18.6 Å². The lowest BCUT2D eigenvalue weighted by Gasteiger charge is -2.01. The van der Waals surface area contributed by atoms with E-state index in [9.17, 15) is 0 Å². The molecule has 18 heavy (non-hydrogen) atoms. The van der Waals surface area contributed by atoms with E-state index in [0.717, 1.165) is 41.5 Å². The average molecular weight is 262 g/mol. The third-order valence-corrected chi connectivity index (χ3v) is 3.49. The number of benzene rings is 1. The molecule has 1 aromatic heterocycles. The maximum atomic E-state index is 5.15. The number of aromatic nitrogens is 1. The zero-order valence-corrected chi connectivity index (χ0v) is 11.6. The number of rotatable bonds is 6. The molecule has 2 aromatic rings. The van der Waals surface area contributed by atoms with Crippen LogP contribution in [-0.2, 0) is 6.54 Å². The van der Waals surface area contributed by atoms with Gasteiger partial charge in [0.15, 0.2) is 0 Å². The smallest absolute Gasteiger partial charge is 0.118 e. The van der Waals surface area contributed by atoms with E-state index in [4.69, 9.17) is 4.74 Å². The lowest BCUT2D eigenvalue weighted by Crippen LogP contribution is -2.13. The molecular formula is C14H18N2OS. The Hall–Kier alpha value is -1.39. The molecule has 4 heteroatoms. The van der Waals surface area contributed by atoms with E-state index in [2.05, 4.69) is 22.6 Å². The molecule has 0 saturated carbocycles. The third-order valence-electron chi connectivity index (χ3n) is 2.64. The largest absolute Gasteiger partial charge is 0.497 e. The van der Waals surface area contributed by atoms with Gasteiger partial charge in [-0.15, -0.1) is 11.3 Å². The van der Waals surface area contributed by atoms with E-state index in [1.807, 2.05) is 24.3 Å². The maximum absolute atomic E-state index is 5.15. The molecule has 0 fully saturated rings. The third kappa shape index (κ3) is 3.31. The number of thiazole rings is 1. The topological polar surface area (TPSA) is 34.2 Å². The fourth-order valence-corrected chi connectivity index (χ4v) is 2.43. The summed E-state index contributed by atoms with van der Waals surface area (Å²) in [5.41, 5.74) is 2.17. The van der Waals surface area contributed by atoms with Gasteiger partial charge in [0.25, 0.3) is 0 Å². The quantitative estimate of drug-likeness (QED) is 0.811. The molecule has 0 spiro atoms. The van der Waals surface area contributed by atoms with Crippen molar-refractivity contribution in [1.29, 1.82) is 0 Å². The number of nitrogens with zero attached hydrogens (tertiary/aromatic N) is 1. The summed E-state index contributed by atoms with van der Waals surface area (Å²) in [7, 11) is 1.68. The lowest BCUT2D eigenvalue weighted by atomic mass is 10.2. The number of ether oxygens (including phenoxy) is 1. The second kappa shape index (κ2) is 6.52. The highest BCUT2D eigenvalue weighted by Gasteiger charge is 2.04. The normalized spacial score (nSPS) is 10.6. The molecule has 1 aromatic carbocycles.